The fourth-order valence-corrected chi connectivity index (χ4v) is 2.60. The second kappa shape index (κ2) is 7.55. The minimum absolute atomic E-state index is 0.0392. The number of hydrogen-bond acceptors (Lipinski definition) is 5. The van der Waals surface area contributed by atoms with E-state index in [-0.39, 0.29) is 12.1 Å². The number of rotatable bonds is 5. The Labute approximate surface area is 142 Å². The van der Waals surface area contributed by atoms with E-state index >= 15 is 0 Å². The molecular weight excluding hydrogens is 329 g/mol. The summed E-state index contributed by atoms with van der Waals surface area (Å²) in [5.74, 6) is 3.91. The topological polar surface area (TPSA) is 90.3 Å². The Morgan fingerprint density at radius 2 is 2.04 bits per heavy atom. The van der Waals surface area contributed by atoms with E-state index < -0.39 is 23.1 Å². The van der Waals surface area contributed by atoms with Gasteiger partial charge in [-0.25, -0.2) is 10.2 Å². The number of aliphatic hydroxyl groups is 1. The molecule has 0 spiro atoms. The highest BCUT2D eigenvalue weighted by molar-refractivity contribution is 7.08. The van der Waals surface area contributed by atoms with Crippen molar-refractivity contribution >= 4 is 22.8 Å². The molecule has 0 atom stereocenters. The molecule has 0 aliphatic heterocycles. The third-order valence-electron chi connectivity index (χ3n) is 3.24. The van der Waals surface area contributed by atoms with Gasteiger partial charge >= 0.3 is 0 Å². The van der Waals surface area contributed by atoms with Gasteiger partial charge in [-0.15, -0.1) is 0 Å². The molecule has 5 nitrogen and oxygen atoms in total. The predicted molar refractivity (Wildman–Crippen MR) is 89.8 cm³/mol. The van der Waals surface area contributed by atoms with Gasteiger partial charge in [0.25, 0.3) is 5.91 Å². The molecule has 0 saturated heterocycles. The first-order valence-electron chi connectivity index (χ1n) is 6.80. The Morgan fingerprint density at radius 1 is 1.38 bits per heavy atom. The number of benzene rings is 1. The number of thiophene rings is 1. The second-order valence-electron chi connectivity index (χ2n) is 4.89. The van der Waals surface area contributed by atoms with Crippen LogP contribution in [0.15, 0.2) is 59.0 Å². The zero-order valence-electron chi connectivity index (χ0n) is 12.6. The van der Waals surface area contributed by atoms with Crippen LogP contribution in [0.3, 0.4) is 0 Å². The molecule has 0 bridgehead atoms. The second-order valence-corrected chi connectivity index (χ2v) is 5.67. The lowest BCUT2D eigenvalue weighted by Gasteiger charge is -2.17. The van der Waals surface area contributed by atoms with Crippen molar-refractivity contribution in [3.63, 3.8) is 0 Å². The summed E-state index contributed by atoms with van der Waals surface area (Å²) in [5.41, 5.74) is 0.855. The van der Waals surface area contributed by atoms with Crippen LogP contribution in [0.25, 0.3) is 5.57 Å². The first-order chi connectivity index (χ1) is 11.4. The molecule has 1 aromatic heterocycles. The number of nitrogens with zero attached hydrogens (tertiary/aromatic N) is 2. The van der Waals surface area contributed by atoms with E-state index in [2.05, 4.69) is 6.58 Å². The van der Waals surface area contributed by atoms with E-state index in [0.29, 0.717) is 11.1 Å². The summed E-state index contributed by atoms with van der Waals surface area (Å²) in [5, 5.41) is 23.7. The van der Waals surface area contributed by atoms with Gasteiger partial charge in [0, 0.05) is 5.57 Å². The Hall–Kier alpha value is -2.95. The SMILES string of the molecule is C=C(/C(O)=C(/C#N)C(=O)N(N)Cc1ccc(F)cc1)c1ccsc1. The van der Waals surface area contributed by atoms with Crippen LogP contribution in [0.2, 0.25) is 0 Å². The number of carbonyl (C=O) groups is 1. The summed E-state index contributed by atoms with van der Waals surface area (Å²) in [6.07, 6.45) is 0. The van der Waals surface area contributed by atoms with Crippen LogP contribution in [0.4, 0.5) is 4.39 Å². The zero-order chi connectivity index (χ0) is 17.7. The van der Waals surface area contributed by atoms with Gasteiger partial charge in [-0.1, -0.05) is 18.7 Å². The molecule has 24 heavy (non-hydrogen) atoms. The maximum Gasteiger partial charge on any atom is 0.282 e. The molecule has 0 aliphatic carbocycles. The molecule has 0 aliphatic rings. The van der Waals surface area contributed by atoms with Crippen molar-refractivity contribution in [1.29, 1.82) is 5.26 Å². The molecule has 122 valence electrons. The van der Waals surface area contributed by atoms with Crippen LogP contribution in [0, 0.1) is 17.1 Å². The smallest absolute Gasteiger partial charge is 0.282 e. The van der Waals surface area contributed by atoms with Crippen molar-refractivity contribution in [2.45, 2.75) is 6.54 Å². The number of nitriles is 1. The van der Waals surface area contributed by atoms with Crippen LogP contribution < -0.4 is 5.84 Å². The molecule has 7 heteroatoms. The Balaban J connectivity index is 2.21. The molecule has 0 fully saturated rings. The van der Waals surface area contributed by atoms with Crippen LogP contribution in [0.5, 0.6) is 0 Å². The van der Waals surface area contributed by atoms with Crippen LogP contribution >= 0.6 is 11.3 Å². The van der Waals surface area contributed by atoms with E-state index in [1.165, 1.54) is 35.6 Å². The quantitative estimate of drug-likeness (QED) is 0.166. The summed E-state index contributed by atoms with van der Waals surface area (Å²) >= 11 is 1.39. The number of halogens is 1. The van der Waals surface area contributed by atoms with Gasteiger partial charge in [-0.2, -0.15) is 16.6 Å². The minimum Gasteiger partial charge on any atom is -0.506 e. The first-order valence-corrected chi connectivity index (χ1v) is 7.74. The third-order valence-corrected chi connectivity index (χ3v) is 3.93. The van der Waals surface area contributed by atoms with Crippen LogP contribution in [-0.2, 0) is 11.3 Å². The lowest BCUT2D eigenvalue weighted by atomic mass is 10.1. The molecule has 2 rings (SSSR count). The van der Waals surface area contributed by atoms with Crippen LogP contribution in [0.1, 0.15) is 11.1 Å². The summed E-state index contributed by atoms with van der Waals surface area (Å²) in [6.45, 7) is 3.66. The monoisotopic (exact) mass is 343 g/mol. The summed E-state index contributed by atoms with van der Waals surface area (Å²) < 4.78 is 12.9. The molecule has 1 aromatic carbocycles. The highest BCUT2D eigenvalue weighted by Gasteiger charge is 2.22. The Bertz CT molecular complexity index is 821. The van der Waals surface area contributed by atoms with Gasteiger partial charge in [0.15, 0.2) is 5.57 Å². The van der Waals surface area contributed by atoms with Gasteiger partial charge in [-0.05, 0) is 40.1 Å². The predicted octanol–water partition coefficient (Wildman–Crippen LogP) is 3.14. The zero-order valence-corrected chi connectivity index (χ0v) is 13.4. The Morgan fingerprint density at radius 3 is 2.58 bits per heavy atom. The van der Waals surface area contributed by atoms with Gasteiger partial charge in [-0.3, -0.25) is 9.80 Å². The summed E-state index contributed by atoms with van der Waals surface area (Å²) in [6, 6.07) is 8.80. The molecule has 3 N–H and O–H groups in total. The van der Waals surface area contributed by atoms with E-state index in [0.717, 1.165) is 5.01 Å². The third kappa shape index (κ3) is 3.87. The number of amides is 1. The van der Waals surface area contributed by atoms with Gasteiger partial charge < -0.3 is 5.11 Å². The van der Waals surface area contributed by atoms with Crippen LogP contribution in [-0.4, -0.2) is 16.0 Å². The van der Waals surface area contributed by atoms with E-state index in [1.54, 1.807) is 22.9 Å². The maximum atomic E-state index is 12.9. The van der Waals surface area contributed by atoms with E-state index in [4.69, 9.17) is 5.84 Å². The average molecular weight is 343 g/mol. The highest BCUT2D eigenvalue weighted by Crippen LogP contribution is 2.24. The summed E-state index contributed by atoms with van der Waals surface area (Å²) in [7, 11) is 0. The molecule has 1 heterocycles. The van der Waals surface area contributed by atoms with Crippen molar-refractivity contribution in [1.82, 2.24) is 5.01 Å². The highest BCUT2D eigenvalue weighted by atomic mass is 32.1. The number of allylic oxidation sites excluding steroid dienone is 1. The lowest BCUT2D eigenvalue weighted by Crippen LogP contribution is -2.38. The average Bonchev–Trinajstić information content (AvgIpc) is 3.11. The maximum absolute atomic E-state index is 12.9. The van der Waals surface area contributed by atoms with E-state index in [1.807, 2.05) is 0 Å². The molecule has 0 saturated carbocycles. The van der Waals surface area contributed by atoms with Gasteiger partial charge in [0.1, 0.15) is 17.6 Å². The number of aliphatic hydroxyl groups excluding tert-OH is 1. The first kappa shape index (κ1) is 17.4. The van der Waals surface area contributed by atoms with E-state index in [9.17, 15) is 19.6 Å². The standard InChI is InChI=1S/C17H14FN3O2S/c1-11(13-6-7-24-10-13)16(22)15(8-19)17(23)21(20)9-12-2-4-14(18)5-3-12/h2-7,10,22H,1,9,20H2/b16-15+. The van der Waals surface area contributed by atoms with Crippen molar-refractivity contribution < 1.29 is 14.3 Å². The molecule has 2 aromatic rings. The number of hydrogen-bond donors (Lipinski definition) is 2. The van der Waals surface area contributed by atoms with Crippen molar-refractivity contribution in [3.05, 3.63) is 75.9 Å². The van der Waals surface area contributed by atoms with Gasteiger partial charge in [0.05, 0.1) is 6.54 Å². The Kier molecular flexibility index (Phi) is 5.47. The fraction of sp³-hybridized carbons (Fsp3) is 0.0588. The largest absolute Gasteiger partial charge is 0.506 e. The molecule has 0 radical (unpaired) electrons. The fourth-order valence-electron chi connectivity index (χ4n) is 1.93. The molecule has 0 unspecified atom stereocenters. The normalized spacial score (nSPS) is 11.4. The van der Waals surface area contributed by atoms with Crippen molar-refractivity contribution in [2.24, 2.45) is 5.84 Å². The number of carbonyl (C=O) groups excluding carboxylic acids is 1. The number of nitrogens with two attached hydrogens (primary N) is 1. The minimum atomic E-state index is -0.851. The van der Waals surface area contributed by atoms with Gasteiger partial charge in [0.2, 0.25) is 0 Å². The lowest BCUT2D eigenvalue weighted by molar-refractivity contribution is -0.127. The molecule has 1 amide bonds. The summed E-state index contributed by atoms with van der Waals surface area (Å²) in [4.78, 5) is 12.3. The number of hydrazine groups is 1. The molecular formula is C17H14FN3O2S. The van der Waals surface area contributed by atoms with Crippen molar-refractivity contribution in [2.75, 3.05) is 0 Å². The van der Waals surface area contributed by atoms with Crippen molar-refractivity contribution in [3.8, 4) is 6.07 Å².